The first-order valence-corrected chi connectivity index (χ1v) is 5.42. The molecule has 0 radical (unpaired) electrons. The summed E-state index contributed by atoms with van der Waals surface area (Å²) in [6.07, 6.45) is 2.92. The van der Waals surface area contributed by atoms with E-state index in [9.17, 15) is 4.79 Å². The Morgan fingerprint density at radius 1 is 1.65 bits per heavy atom. The zero-order valence-electron chi connectivity index (χ0n) is 9.20. The number of hydrogen-bond donors (Lipinski definition) is 1. The number of piperidine rings is 1. The second kappa shape index (κ2) is 4.78. The summed E-state index contributed by atoms with van der Waals surface area (Å²) in [5.74, 6) is -0.699. The molecule has 1 aliphatic heterocycles. The van der Waals surface area contributed by atoms with Gasteiger partial charge in [0, 0.05) is 13.1 Å². The number of nitrogens with zero attached hydrogens (tertiary/aromatic N) is 4. The second-order valence-electron chi connectivity index (χ2n) is 4.00. The van der Waals surface area contributed by atoms with Crippen molar-refractivity contribution < 1.29 is 9.90 Å². The van der Waals surface area contributed by atoms with Gasteiger partial charge in [-0.25, -0.2) is 0 Å². The molecule has 0 bridgehead atoms. The van der Waals surface area contributed by atoms with Crippen molar-refractivity contribution in [2.75, 3.05) is 18.0 Å². The lowest BCUT2D eigenvalue weighted by molar-refractivity contribution is -0.141. The van der Waals surface area contributed by atoms with Crippen LogP contribution in [0.4, 0.5) is 5.82 Å². The van der Waals surface area contributed by atoms with Crippen LogP contribution in [-0.2, 0) is 4.79 Å². The van der Waals surface area contributed by atoms with Crippen LogP contribution in [-0.4, -0.2) is 34.4 Å². The number of nitriles is 1. The van der Waals surface area contributed by atoms with Crippen molar-refractivity contribution >= 4 is 11.8 Å². The Hall–Kier alpha value is -2.16. The minimum absolute atomic E-state index is 0.391. The third kappa shape index (κ3) is 2.33. The third-order valence-electron chi connectivity index (χ3n) is 2.89. The summed E-state index contributed by atoms with van der Waals surface area (Å²) in [5.41, 5.74) is 0.436. The van der Waals surface area contributed by atoms with E-state index in [0.29, 0.717) is 24.3 Å². The van der Waals surface area contributed by atoms with Gasteiger partial charge in [-0.15, -0.1) is 5.10 Å². The van der Waals surface area contributed by atoms with Gasteiger partial charge in [0.05, 0.1) is 17.7 Å². The van der Waals surface area contributed by atoms with E-state index in [1.807, 2.05) is 11.0 Å². The zero-order chi connectivity index (χ0) is 12.3. The summed E-state index contributed by atoms with van der Waals surface area (Å²) in [7, 11) is 0. The number of anilines is 1. The summed E-state index contributed by atoms with van der Waals surface area (Å²) < 4.78 is 0. The van der Waals surface area contributed by atoms with Gasteiger partial charge in [0.2, 0.25) is 0 Å². The molecule has 6 nitrogen and oxygen atoms in total. The van der Waals surface area contributed by atoms with Crippen LogP contribution >= 0.6 is 0 Å². The van der Waals surface area contributed by atoms with Crippen molar-refractivity contribution in [3.63, 3.8) is 0 Å². The van der Waals surface area contributed by atoms with Crippen LogP contribution in [0.3, 0.4) is 0 Å². The lowest BCUT2D eigenvalue weighted by Gasteiger charge is -2.31. The van der Waals surface area contributed by atoms with Gasteiger partial charge in [-0.3, -0.25) is 4.79 Å². The first kappa shape index (κ1) is 11.3. The molecule has 2 rings (SSSR count). The predicted molar refractivity (Wildman–Crippen MR) is 59.3 cm³/mol. The number of carboxylic acids is 1. The minimum Gasteiger partial charge on any atom is -0.481 e. The minimum atomic E-state index is -0.794. The Labute approximate surface area is 98.5 Å². The van der Waals surface area contributed by atoms with Gasteiger partial charge < -0.3 is 10.0 Å². The maximum Gasteiger partial charge on any atom is 0.308 e. The molecular weight excluding hydrogens is 220 g/mol. The van der Waals surface area contributed by atoms with Crippen LogP contribution in [0, 0.1) is 17.2 Å². The molecule has 0 aromatic carbocycles. The average molecular weight is 232 g/mol. The molecule has 1 aliphatic rings. The van der Waals surface area contributed by atoms with Crippen molar-refractivity contribution in [2.45, 2.75) is 12.8 Å². The first-order valence-electron chi connectivity index (χ1n) is 5.42. The first-order chi connectivity index (χ1) is 8.22. The van der Waals surface area contributed by atoms with Gasteiger partial charge in [-0.05, 0) is 18.9 Å². The summed E-state index contributed by atoms with van der Waals surface area (Å²) in [6.45, 7) is 1.11. The number of aromatic nitrogens is 2. The number of carboxylic acid groups (broad SMARTS) is 1. The highest BCUT2D eigenvalue weighted by atomic mass is 16.4. The van der Waals surface area contributed by atoms with Crippen molar-refractivity contribution in [1.29, 1.82) is 5.26 Å². The van der Waals surface area contributed by atoms with E-state index in [0.717, 1.165) is 13.0 Å². The van der Waals surface area contributed by atoms with Gasteiger partial charge in [-0.1, -0.05) is 0 Å². The van der Waals surface area contributed by atoms with Crippen LogP contribution < -0.4 is 4.90 Å². The topological polar surface area (TPSA) is 90.1 Å². The van der Waals surface area contributed by atoms with Crippen molar-refractivity contribution in [2.24, 2.45) is 5.92 Å². The van der Waals surface area contributed by atoms with E-state index in [4.69, 9.17) is 10.4 Å². The van der Waals surface area contributed by atoms with Gasteiger partial charge in [0.25, 0.3) is 0 Å². The third-order valence-corrected chi connectivity index (χ3v) is 2.89. The monoisotopic (exact) mass is 232 g/mol. The molecule has 1 unspecified atom stereocenters. The van der Waals surface area contributed by atoms with Crippen molar-refractivity contribution in [3.8, 4) is 6.07 Å². The molecule has 1 saturated heterocycles. The molecule has 2 heterocycles. The second-order valence-corrected chi connectivity index (χ2v) is 4.00. The van der Waals surface area contributed by atoms with Crippen molar-refractivity contribution in [1.82, 2.24) is 10.2 Å². The highest BCUT2D eigenvalue weighted by molar-refractivity contribution is 5.71. The molecule has 17 heavy (non-hydrogen) atoms. The van der Waals surface area contributed by atoms with Crippen molar-refractivity contribution in [3.05, 3.63) is 17.8 Å². The van der Waals surface area contributed by atoms with Gasteiger partial charge >= 0.3 is 5.97 Å². The fraction of sp³-hybridized carbons (Fsp3) is 0.455. The summed E-state index contributed by atoms with van der Waals surface area (Å²) >= 11 is 0. The summed E-state index contributed by atoms with van der Waals surface area (Å²) in [6, 6.07) is 3.64. The lowest BCUT2D eigenvalue weighted by atomic mass is 9.98. The highest BCUT2D eigenvalue weighted by Gasteiger charge is 2.27. The van der Waals surface area contributed by atoms with Gasteiger partial charge in [-0.2, -0.15) is 10.4 Å². The van der Waals surface area contributed by atoms with Crippen LogP contribution in [0.5, 0.6) is 0 Å². The SMILES string of the molecule is N#Cc1ccnnc1N1CCCC(C(=O)O)C1. The van der Waals surface area contributed by atoms with E-state index in [-0.39, 0.29) is 0 Å². The Kier molecular flexibility index (Phi) is 3.19. The average Bonchev–Trinajstić information content (AvgIpc) is 2.39. The van der Waals surface area contributed by atoms with Gasteiger partial charge in [0.1, 0.15) is 6.07 Å². The normalized spacial score (nSPS) is 19.7. The molecule has 0 spiro atoms. The summed E-state index contributed by atoms with van der Waals surface area (Å²) in [4.78, 5) is 12.8. The molecule has 1 atom stereocenters. The molecule has 1 N–H and O–H groups in total. The Morgan fingerprint density at radius 2 is 2.47 bits per heavy atom. The van der Waals surface area contributed by atoms with E-state index in [1.165, 1.54) is 6.20 Å². The zero-order valence-corrected chi connectivity index (χ0v) is 9.20. The molecule has 6 heteroatoms. The smallest absolute Gasteiger partial charge is 0.308 e. The number of hydrogen-bond acceptors (Lipinski definition) is 5. The standard InChI is InChI=1S/C11H12N4O2/c12-6-8-3-4-13-14-10(8)15-5-1-2-9(7-15)11(16)17/h3-4,9H,1-2,5,7H2,(H,16,17). The van der Waals surface area contributed by atoms with Gasteiger partial charge in [0.15, 0.2) is 5.82 Å². The van der Waals surface area contributed by atoms with E-state index >= 15 is 0 Å². The Balaban J connectivity index is 2.22. The maximum atomic E-state index is 11.0. The number of rotatable bonds is 2. The fourth-order valence-electron chi connectivity index (χ4n) is 2.02. The van der Waals surface area contributed by atoms with E-state index < -0.39 is 11.9 Å². The Morgan fingerprint density at radius 3 is 3.18 bits per heavy atom. The molecule has 1 aromatic rings. The van der Waals surface area contributed by atoms with E-state index in [2.05, 4.69) is 10.2 Å². The molecule has 0 saturated carbocycles. The number of carbonyl (C=O) groups is 1. The molecule has 1 fully saturated rings. The van der Waals surface area contributed by atoms with Crippen LogP contribution in [0.25, 0.3) is 0 Å². The molecule has 1 aromatic heterocycles. The Bertz CT molecular complexity index is 469. The molecule has 88 valence electrons. The molecule has 0 aliphatic carbocycles. The van der Waals surface area contributed by atoms with Crippen LogP contribution in [0.2, 0.25) is 0 Å². The molecule has 0 amide bonds. The van der Waals surface area contributed by atoms with Crippen LogP contribution in [0.15, 0.2) is 12.3 Å². The fourth-order valence-corrected chi connectivity index (χ4v) is 2.02. The lowest BCUT2D eigenvalue weighted by Crippen LogP contribution is -2.39. The van der Waals surface area contributed by atoms with Crippen LogP contribution in [0.1, 0.15) is 18.4 Å². The highest BCUT2D eigenvalue weighted by Crippen LogP contribution is 2.23. The molecular formula is C11H12N4O2. The largest absolute Gasteiger partial charge is 0.481 e. The quantitative estimate of drug-likeness (QED) is 0.805. The van der Waals surface area contributed by atoms with E-state index in [1.54, 1.807) is 6.07 Å². The maximum absolute atomic E-state index is 11.0. The predicted octanol–water partition coefficient (Wildman–Crippen LogP) is 0.649. The summed E-state index contributed by atoms with van der Waals surface area (Å²) in [5, 5.41) is 25.6. The number of aliphatic carboxylic acids is 1.